The minimum atomic E-state index is -3.62. The van der Waals surface area contributed by atoms with E-state index in [1.165, 1.54) is 19.1 Å². The lowest BCUT2D eigenvalue weighted by Crippen LogP contribution is -2.11. The number of amides is 1. The van der Waals surface area contributed by atoms with Crippen molar-refractivity contribution in [1.29, 1.82) is 0 Å². The zero-order valence-electron chi connectivity index (χ0n) is 12.9. The Balaban J connectivity index is 2.39. The number of nitrogens with one attached hydrogen (secondary N) is 2. The van der Waals surface area contributed by atoms with Gasteiger partial charge in [-0.2, -0.15) is 0 Å². The van der Waals surface area contributed by atoms with Gasteiger partial charge in [-0.3, -0.25) is 19.6 Å². The van der Waals surface area contributed by atoms with Crippen LogP contribution in [0.1, 0.15) is 6.92 Å². The Labute approximate surface area is 138 Å². The summed E-state index contributed by atoms with van der Waals surface area (Å²) >= 11 is 0. The number of hydrogen-bond donors (Lipinski definition) is 2. The summed E-state index contributed by atoms with van der Waals surface area (Å²) < 4.78 is 24.7. The van der Waals surface area contributed by atoms with Crippen molar-refractivity contribution in [1.82, 2.24) is 0 Å². The number of nitro benzene ring substituents is 1. The summed E-state index contributed by atoms with van der Waals surface area (Å²) in [4.78, 5) is 21.5. The van der Waals surface area contributed by atoms with Crippen LogP contribution in [-0.4, -0.2) is 25.5 Å². The Morgan fingerprint density at radius 1 is 1.08 bits per heavy atom. The normalized spacial score (nSPS) is 10.9. The molecule has 2 aromatic rings. The van der Waals surface area contributed by atoms with E-state index < -0.39 is 14.9 Å². The molecular formula is C15H15N3O5S. The molecule has 0 fully saturated rings. The summed E-state index contributed by atoms with van der Waals surface area (Å²) in [5.41, 5.74) is 1.41. The lowest BCUT2D eigenvalue weighted by Gasteiger charge is -2.08. The van der Waals surface area contributed by atoms with E-state index in [-0.39, 0.29) is 17.3 Å². The van der Waals surface area contributed by atoms with Gasteiger partial charge >= 0.3 is 0 Å². The Hall–Kier alpha value is -2.94. The zero-order chi connectivity index (χ0) is 17.9. The van der Waals surface area contributed by atoms with E-state index in [0.717, 1.165) is 6.26 Å². The van der Waals surface area contributed by atoms with Crippen molar-refractivity contribution in [2.24, 2.45) is 0 Å². The van der Waals surface area contributed by atoms with E-state index in [0.29, 0.717) is 16.8 Å². The van der Waals surface area contributed by atoms with Crippen LogP contribution in [0.5, 0.6) is 0 Å². The standard InChI is InChI=1S/C15H15N3O5S/c1-10(19)16-13-6-3-11(4-7-13)12-5-8-14(17-24(2,22)23)15(9-12)18(20)21/h3-9,17H,1-2H3,(H,16,19). The first kappa shape index (κ1) is 17.4. The molecule has 0 aromatic heterocycles. The van der Waals surface area contributed by atoms with Gasteiger partial charge in [0.2, 0.25) is 15.9 Å². The first-order chi connectivity index (χ1) is 11.2. The highest BCUT2D eigenvalue weighted by molar-refractivity contribution is 7.92. The molecule has 0 aliphatic heterocycles. The van der Waals surface area contributed by atoms with E-state index in [2.05, 4.69) is 10.0 Å². The Kier molecular flexibility index (Phi) is 4.84. The highest BCUT2D eigenvalue weighted by Crippen LogP contribution is 2.31. The predicted molar refractivity (Wildman–Crippen MR) is 91.3 cm³/mol. The van der Waals surface area contributed by atoms with E-state index >= 15 is 0 Å². The molecule has 9 heteroatoms. The second-order valence-electron chi connectivity index (χ2n) is 5.12. The molecule has 2 N–H and O–H groups in total. The molecule has 0 aliphatic rings. The van der Waals surface area contributed by atoms with Gasteiger partial charge in [-0.25, -0.2) is 8.42 Å². The molecule has 8 nitrogen and oxygen atoms in total. The van der Waals surface area contributed by atoms with E-state index in [9.17, 15) is 23.3 Å². The molecule has 126 valence electrons. The molecule has 0 radical (unpaired) electrons. The maximum atomic E-state index is 11.3. The molecular weight excluding hydrogens is 334 g/mol. The highest BCUT2D eigenvalue weighted by Gasteiger charge is 2.18. The van der Waals surface area contributed by atoms with Gasteiger partial charge in [0.1, 0.15) is 5.69 Å². The fourth-order valence-electron chi connectivity index (χ4n) is 2.10. The average Bonchev–Trinajstić information content (AvgIpc) is 2.46. The van der Waals surface area contributed by atoms with Gasteiger partial charge in [0.05, 0.1) is 11.2 Å². The fraction of sp³-hybridized carbons (Fsp3) is 0.133. The number of sulfonamides is 1. The van der Waals surface area contributed by atoms with Crippen molar-refractivity contribution >= 4 is 33.0 Å². The van der Waals surface area contributed by atoms with Gasteiger partial charge in [-0.1, -0.05) is 18.2 Å². The number of carbonyl (C=O) groups excluding carboxylic acids is 1. The van der Waals surface area contributed by atoms with Crippen LogP contribution in [0, 0.1) is 10.1 Å². The summed E-state index contributed by atoms with van der Waals surface area (Å²) in [5, 5.41) is 13.8. The van der Waals surface area contributed by atoms with Crippen LogP contribution in [0.25, 0.3) is 11.1 Å². The SMILES string of the molecule is CC(=O)Nc1ccc(-c2ccc(NS(C)(=O)=O)c([N+](=O)[O-])c2)cc1. The first-order valence-corrected chi connectivity index (χ1v) is 8.69. The van der Waals surface area contributed by atoms with E-state index in [1.54, 1.807) is 30.3 Å². The number of hydrogen-bond acceptors (Lipinski definition) is 5. The average molecular weight is 349 g/mol. The molecule has 0 aliphatic carbocycles. The fourth-order valence-corrected chi connectivity index (χ4v) is 2.67. The van der Waals surface area contributed by atoms with Gasteiger partial charge in [0, 0.05) is 18.7 Å². The number of anilines is 2. The Bertz CT molecular complexity index is 892. The molecule has 2 rings (SSSR count). The van der Waals surface area contributed by atoms with E-state index in [1.807, 2.05) is 0 Å². The molecule has 0 bridgehead atoms. The molecule has 1 amide bonds. The highest BCUT2D eigenvalue weighted by atomic mass is 32.2. The molecule has 2 aromatic carbocycles. The van der Waals surface area contributed by atoms with Gasteiger partial charge in [0.15, 0.2) is 0 Å². The molecule has 0 saturated heterocycles. The van der Waals surface area contributed by atoms with Crippen molar-refractivity contribution < 1.29 is 18.1 Å². The number of rotatable bonds is 5. The molecule has 0 heterocycles. The van der Waals surface area contributed by atoms with Gasteiger partial charge in [-0.15, -0.1) is 0 Å². The maximum Gasteiger partial charge on any atom is 0.293 e. The van der Waals surface area contributed by atoms with Gasteiger partial charge < -0.3 is 5.32 Å². The summed E-state index contributed by atoms with van der Waals surface area (Å²) in [5.74, 6) is -0.199. The number of nitrogens with zero attached hydrogens (tertiary/aromatic N) is 1. The maximum absolute atomic E-state index is 11.3. The van der Waals surface area contributed by atoms with Crippen molar-refractivity contribution in [3.8, 4) is 11.1 Å². The second kappa shape index (κ2) is 6.67. The smallest absolute Gasteiger partial charge is 0.293 e. The molecule has 0 atom stereocenters. The third-order valence-corrected chi connectivity index (χ3v) is 3.62. The van der Waals surface area contributed by atoms with Crippen LogP contribution in [0.15, 0.2) is 42.5 Å². The number of benzene rings is 2. The molecule has 0 saturated carbocycles. The van der Waals surface area contributed by atoms with Crippen LogP contribution in [0.3, 0.4) is 0 Å². The predicted octanol–water partition coefficient (Wildman–Crippen LogP) is 2.59. The second-order valence-corrected chi connectivity index (χ2v) is 6.87. The number of carbonyl (C=O) groups is 1. The lowest BCUT2D eigenvalue weighted by molar-refractivity contribution is -0.383. The summed E-state index contributed by atoms with van der Waals surface area (Å²) in [6.45, 7) is 1.39. The molecule has 0 spiro atoms. The third-order valence-electron chi connectivity index (χ3n) is 3.03. The Morgan fingerprint density at radius 3 is 2.17 bits per heavy atom. The van der Waals surface area contributed by atoms with Crippen LogP contribution in [0.4, 0.5) is 17.1 Å². The van der Waals surface area contributed by atoms with Gasteiger partial charge in [0.25, 0.3) is 5.69 Å². The monoisotopic (exact) mass is 349 g/mol. The summed E-state index contributed by atoms with van der Waals surface area (Å²) in [6, 6.07) is 11.0. The van der Waals surface area contributed by atoms with Crippen molar-refractivity contribution in [3.63, 3.8) is 0 Å². The summed E-state index contributed by atoms with van der Waals surface area (Å²) in [6.07, 6.45) is 0.922. The Morgan fingerprint density at radius 2 is 1.67 bits per heavy atom. The van der Waals surface area contributed by atoms with Crippen LogP contribution in [0.2, 0.25) is 0 Å². The van der Waals surface area contributed by atoms with Crippen LogP contribution < -0.4 is 10.0 Å². The van der Waals surface area contributed by atoms with Crippen LogP contribution in [-0.2, 0) is 14.8 Å². The van der Waals surface area contributed by atoms with Crippen molar-refractivity contribution in [2.75, 3.05) is 16.3 Å². The van der Waals surface area contributed by atoms with Crippen molar-refractivity contribution in [2.45, 2.75) is 6.92 Å². The topological polar surface area (TPSA) is 118 Å². The summed E-state index contributed by atoms with van der Waals surface area (Å²) in [7, 11) is -3.62. The number of nitro groups is 1. The van der Waals surface area contributed by atoms with Crippen LogP contribution >= 0.6 is 0 Å². The minimum Gasteiger partial charge on any atom is -0.326 e. The quantitative estimate of drug-likeness (QED) is 0.635. The lowest BCUT2D eigenvalue weighted by atomic mass is 10.0. The van der Waals surface area contributed by atoms with Gasteiger partial charge in [-0.05, 0) is 29.3 Å². The van der Waals surface area contributed by atoms with Crippen molar-refractivity contribution in [3.05, 3.63) is 52.6 Å². The third kappa shape index (κ3) is 4.53. The zero-order valence-corrected chi connectivity index (χ0v) is 13.8. The van der Waals surface area contributed by atoms with E-state index in [4.69, 9.17) is 0 Å². The molecule has 0 unspecified atom stereocenters. The largest absolute Gasteiger partial charge is 0.326 e. The minimum absolute atomic E-state index is 0.0962. The first-order valence-electron chi connectivity index (χ1n) is 6.80. The molecule has 24 heavy (non-hydrogen) atoms.